The van der Waals surface area contributed by atoms with Crippen molar-refractivity contribution in [3.8, 4) is 0 Å². The van der Waals surface area contributed by atoms with Crippen LogP contribution in [0.3, 0.4) is 0 Å². The Hall–Kier alpha value is -0.190. The van der Waals surface area contributed by atoms with Crippen LogP contribution in [0.5, 0.6) is 0 Å². The van der Waals surface area contributed by atoms with E-state index in [9.17, 15) is 4.21 Å². The standard InChI is InChI=1S/C14H20BrNOS/c1-14(2)8-4-7-12(13(14)16)18(17)11-6-3-5-10(15)9-11/h3,5-6,9,12-13H,4,7-8,16H2,1-2H3. The monoisotopic (exact) mass is 329 g/mol. The van der Waals surface area contributed by atoms with Gasteiger partial charge in [0.2, 0.25) is 0 Å². The van der Waals surface area contributed by atoms with Gasteiger partial charge in [-0.1, -0.05) is 42.3 Å². The van der Waals surface area contributed by atoms with Crippen LogP contribution in [0.2, 0.25) is 0 Å². The Morgan fingerprint density at radius 1 is 1.44 bits per heavy atom. The van der Waals surface area contributed by atoms with Gasteiger partial charge in [0.25, 0.3) is 0 Å². The molecule has 18 heavy (non-hydrogen) atoms. The van der Waals surface area contributed by atoms with E-state index in [4.69, 9.17) is 5.73 Å². The summed E-state index contributed by atoms with van der Waals surface area (Å²) in [5, 5.41) is 0.0723. The second-order valence-electron chi connectivity index (χ2n) is 5.70. The van der Waals surface area contributed by atoms with Crippen molar-refractivity contribution in [2.45, 2.75) is 49.3 Å². The minimum absolute atomic E-state index is 0.00562. The molecule has 2 N–H and O–H groups in total. The third-order valence-corrected chi connectivity index (χ3v) is 6.21. The number of halogens is 1. The molecular weight excluding hydrogens is 310 g/mol. The van der Waals surface area contributed by atoms with E-state index in [1.165, 1.54) is 0 Å². The van der Waals surface area contributed by atoms with Gasteiger partial charge in [0.05, 0.1) is 16.0 Å². The van der Waals surface area contributed by atoms with E-state index in [2.05, 4.69) is 29.8 Å². The molecule has 100 valence electrons. The average molecular weight is 330 g/mol. The highest BCUT2D eigenvalue weighted by molar-refractivity contribution is 9.10. The van der Waals surface area contributed by atoms with Gasteiger partial charge in [-0.15, -0.1) is 0 Å². The maximum absolute atomic E-state index is 12.7. The predicted molar refractivity (Wildman–Crippen MR) is 79.9 cm³/mol. The fraction of sp³-hybridized carbons (Fsp3) is 0.571. The quantitative estimate of drug-likeness (QED) is 0.902. The first-order valence-corrected chi connectivity index (χ1v) is 8.34. The van der Waals surface area contributed by atoms with Crippen LogP contribution in [0.25, 0.3) is 0 Å². The number of nitrogens with two attached hydrogens (primary N) is 1. The third-order valence-electron chi connectivity index (χ3n) is 3.92. The summed E-state index contributed by atoms with van der Waals surface area (Å²) < 4.78 is 13.6. The Kier molecular flexibility index (Phi) is 4.29. The highest BCUT2D eigenvalue weighted by Gasteiger charge is 2.39. The van der Waals surface area contributed by atoms with Crippen LogP contribution in [0.4, 0.5) is 0 Å². The van der Waals surface area contributed by atoms with Crippen LogP contribution >= 0.6 is 15.9 Å². The van der Waals surface area contributed by atoms with E-state index < -0.39 is 10.8 Å². The summed E-state index contributed by atoms with van der Waals surface area (Å²) in [5.41, 5.74) is 6.42. The molecule has 1 fully saturated rings. The lowest BCUT2D eigenvalue weighted by Gasteiger charge is -2.41. The molecule has 0 heterocycles. The highest BCUT2D eigenvalue weighted by atomic mass is 79.9. The normalized spacial score (nSPS) is 28.9. The third kappa shape index (κ3) is 2.86. The van der Waals surface area contributed by atoms with Crippen molar-refractivity contribution in [3.05, 3.63) is 28.7 Å². The molecule has 3 unspecified atom stereocenters. The van der Waals surface area contributed by atoms with E-state index in [0.29, 0.717) is 0 Å². The topological polar surface area (TPSA) is 43.1 Å². The van der Waals surface area contributed by atoms with Crippen molar-refractivity contribution in [2.75, 3.05) is 0 Å². The summed E-state index contributed by atoms with van der Waals surface area (Å²) in [7, 11) is -1.01. The van der Waals surface area contributed by atoms with Crippen molar-refractivity contribution < 1.29 is 4.21 Å². The smallest absolute Gasteiger partial charge is 0.0577 e. The summed E-state index contributed by atoms with van der Waals surface area (Å²) >= 11 is 3.43. The van der Waals surface area contributed by atoms with Crippen LogP contribution in [-0.4, -0.2) is 15.5 Å². The zero-order valence-electron chi connectivity index (χ0n) is 10.9. The Morgan fingerprint density at radius 3 is 2.83 bits per heavy atom. The summed E-state index contributed by atoms with van der Waals surface area (Å²) in [6.07, 6.45) is 3.20. The first kappa shape index (κ1) is 14.2. The first-order chi connectivity index (χ1) is 8.42. The molecule has 4 heteroatoms. The molecule has 0 radical (unpaired) electrons. The van der Waals surface area contributed by atoms with Crippen LogP contribution in [0, 0.1) is 5.41 Å². The Bertz CT molecular complexity index is 461. The molecule has 0 saturated heterocycles. The SMILES string of the molecule is CC1(C)CCCC(S(=O)c2cccc(Br)c2)C1N. The van der Waals surface area contributed by atoms with Crippen LogP contribution in [-0.2, 0) is 10.8 Å². The van der Waals surface area contributed by atoms with Gasteiger partial charge in [0, 0.05) is 15.4 Å². The fourth-order valence-electron chi connectivity index (χ4n) is 2.62. The van der Waals surface area contributed by atoms with E-state index in [0.717, 1.165) is 28.6 Å². The lowest BCUT2D eigenvalue weighted by molar-refractivity contribution is 0.206. The second kappa shape index (κ2) is 5.43. The summed E-state index contributed by atoms with van der Waals surface area (Å²) in [5.74, 6) is 0. The van der Waals surface area contributed by atoms with E-state index in [1.807, 2.05) is 24.3 Å². The van der Waals surface area contributed by atoms with Crippen LogP contribution < -0.4 is 5.73 Å². The molecule has 0 amide bonds. The van der Waals surface area contributed by atoms with Gasteiger partial charge < -0.3 is 5.73 Å². The van der Waals surface area contributed by atoms with Gasteiger partial charge in [-0.2, -0.15) is 0 Å². The van der Waals surface area contributed by atoms with Crippen molar-refractivity contribution in [1.29, 1.82) is 0 Å². The summed E-state index contributed by atoms with van der Waals surface area (Å²) in [4.78, 5) is 0.877. The molecule has 1 aromatic carbocycles. The van der Waals surface area contributed by atoms with Crippen molar-refractivity contribution >= 4 is 26.7 Å². The molecule has 0 aliphatic heterocycles. The predicted octanol–water partition coefficient (Wildman–Crippen LogP) is 3.46. The number of hydrogen-bond donors (Lipinski definition) is 1. The van der Waals surface area contributed by atoms with Crippen molar-refractivity contribution in [2.24, 2.45) is 11.1 Å². The van der Waals surface area contributed by atoms with E-state index >= 15 is 0 Å². The molecule has 1 aromatic rings. The van der Waals surface area contributed by atoms with Gasteiger partial charge in [-0.3, -0.25) is 4.21 Å². The summed E-state index contributed by atoms with van der Waals surface area (Å²) in [6.45, 7) is 4.36. The molecule has 0 spiro atoms. The van der Waals surface area contributed by atoms with Crippen LogP contribution in [0.1, 0.15) is 33.1 Å². The Morgan fingerprint density at radius 2 is 2.17 bits per heavy atom. The molecule has 1 aliphatic carbocycles. The van der Waals surface area contributed by atoms with Crippen molar-refractivity contribution in [3.63, 3.8) is 0 Å². The zero-order valence-corrected chi connectivity index (χ0v) is 13.3. The first-order valence-electron chi connectivity index (χ1n) is 6.33. The number of hydrogen-bond acceptors (Lipinski definition) is 2. The molecule has 2 nitrogen and oxygen atoms in total. The second-order valence-corrected chi connectivity index (χ2v) is 8.29. The van der Waals surface area contributed by atoms with Gasteiger partial charge >= 0.3 is 0 Å². The van der Waals surface area contributed by atoms with E-state index in [-0.39, 0.29) is 16.7 Å². The zero-order chi connectivity index (χ0) is 13.3. The minimum Gasteiger partial charge on any atom is -0.326 e. The Balaban J connectivity index is 2.23. The van der Waals surface area contributed by atoms with Gasteiger partial charge in [0.15, 0.2) is 0 Å². The molecular formula is C14H20BrNOS. The Labute approximate surface area is 120 Å². The number of rotatable bonds is 2. The average Bonchev–Trinajstić information content (AvgIpc) is 2.32. The van der Waals surface area contributed by atoms with Crippen LogP contribution in [0.15, 0.2) is 33.6 Å². The van der Waals surface area contributed by atoms with Gasteiger partial charge in [-0.25, -0.2) is 0 Å². The lowest BCUT2D eigenvalue weighted by atomic mass is 9.73. The molecule has 1 saturated carbocycles. The molecule has 0 bridgehead atoms. The van der Waals surface area contributed by atoms with Gasteiger partial charge in [-0.05, 0) is 36.5 Å². The largest absolute Gasteiger partial charge is 0.326 e. The molecule has 3 atom stereocenters. The van der Waals surface area contributed by atoms with Crippen molar-refractivity contribution in [1.82, 2.24) is 0 Å². The highest BCUT2D eigenvalue weighted by Crippen LogP contribution is 2.37. The van der Waals surface area contributed by atoms with Gasteiger partial charge in [0.1, 0.15) is 0 Å². The molecule has 2 rings (SSSR count). The molecule has 1 aliphatic rings. The molecule has 0 aromatic heterocycles. The maximum Gasteiger partial charge on any atom is 0.0577 e. The minimum atomic E-state index is -1.01. The fourth-order valence-corrected chi connectivity index (χ4v) is 4.99. The maximum atomic E-state index is 12.7. The number of benzene rings is 1. The summed E-state index contributed by atoms with van der Waals surface area (Å²) in [6, 6.07) is 7.74. The van der Waals surface area contributed by atoms with E-state index in [1.54, 1.807) is 0 Å². The lowest BCUT2D eigenvalue weighted by Crippen LogP contribution is -2.51.